The fourth-order valence-electron chi connectivity index (χ4n) is 2.55. The Labute approximate surface area is 123 Å². The van der Waals surface area contributed by atoms with E-state index >= 15 is 0 Å². The van der Waals surface area contributed by atoms with E-state index in [2.05, 4.69) is 0 Å². The highest BCUT2D eigenvalue weighted by atomic mass is 16.5. The lowest BCUT2D eigenvalue weighted by molar-refractivity contribution is -0.114. The Hall–Kier alpha value is -2.62. The molecule has 21 heavy (non-hydrogen) atoms. The van der Waals surface area contributed by atoms with Crippen molar-refractivity contribution in [1.82, 2.24) is 0 Å². The molecule has 2 aromatic carbocycles. The van der Waals surface area contributed by atoms with Crippen molar-refractivity contribution in [2.45, 2.75) is 13.5 Å². The molecule has 0 spiro atoms. The maximum absolute atomic E-state index is 12.2. The van der Waals surface area contributed by atoms with Gasteiger partial charge in [-0.25, -0.2) is 0 Å². The van der Waals surface area contributed by atoms with E-state index in [1.807, 2.05) is 31.2 Å². The number of amides is 1. The van der Waals surface area contributed by atoms with Crippen molar-refractivity contribution < 1.29 is 14.3 Å². The number of carbonyl (C=O) groups is 2. The van der Waals surface area contributed by atoms with Crippen molar-refractivity contribution in [2.24, 2.45) is 0 Å². The molecule has 1 heterocycles. The van der Waals surface area contributed by atoms with Crippen LogP contribution in [0.25, 0.3) is 0 Å². The Morgan fingerprint density at radius 2 is 1.90 bits per heavy atom. The summed E-state index contributed by atoms with van der Waals surface area (Å²) in [4.78, 5) is 25.7. The maximum atomic E-state index is 12.2. The Morgan fingerprint density at radius 3 is 2.62 bits per heavy atom. The van der Waals surface area contributed by atoms with Crippen molar-refractivity contribution in [1.29, 1.82) is 0 Å². The van der Waals surface area contributed by atoms with Gasteiger partial charge in [0.25, 0.3) is 11.7 Å². The van der Waals surface area contributed by atoms with E-state index in [9.17, 15) is 9.59 Å². The summed E-state index contributed by atoms with van der Waals surface area (Å²) in [6.45, 7) is 2.38. The topological polar surface area (TPSA) is 46.6 Å². The Morgan fingerprint density at radius 1 is 1.10 bits per heavy atom. The highest BCUT2D eigenvalue weighted by Crippen LogP contribution is 2.33. The molecule has 0 aliphatic carbocycles. The monoisotopic (exact) mass is 281 g/mol. The third kappa shape index (κ3) is 2.29. The largest absolute Gasteiger partial charge is 0.497 e. The van der Waals surface area contributed by atoms with E-state index in [1.165, 1.54) is 4.90 Å². The standard InChI is InChI=1S/C17H15NO3/c1-11-4-3-5-12(8-11)10-18-15-9-13(21-2)6-7-14(15)16(19)17(18)20/h3-9H,10H2,1-2H3. The summed E-state index contributed by atoms with van der Waals surface area (Å²) in [7, 11) is 1.56. The van der Waals surface area contributed by atoms with Gasteiger partial charge < -0.3 is 9.64 Å². The molecule has 1 amide bonds. The number of rotatable bonds is 3. The second-order valence-electron chi connectivity index (χ2n) is 5.09. The number of carbonyl (C=O) groups excluding carboxylic acids is 2. The lowest BCUT2D eigenvalue weighted by Gasteiger charge is -2.17. The van der Waals surface area contributed by atoms with E-state index in [-0.39, 0.29) is 0 Å². The Bertz CT molecular complexity index is 737. The molecule has 0 saturated carbocycles. The first-order valence-corrected chi connectivity index (χ1v) is 6.70. The summed E-state index contributed by atoms with van der Waals surface area (Å²) in [6, 6.07) is 13.0. The molecule has 3 rings (SSSR count). The number of methoxy groups -OCH3 is 1. The molecular weight excluding hydrogens is 266 g/mol. The number of nitrogens with zero attached hydrogens (tertiary/aromatic N) is 1. The molecule has 0 atom stereocenters. The Kier molecular flexibility index (Phi) is 3.22. The van der Waals surface area contributed by atoms with Gasteiger partial charge in [0, 0.05) is 6.07 Å². The van der Waals surface area contributed by atoms with Crippen LogP contribution in [-0.4, -0.2) is 18.8 Å². The van der Waals surface area contributed by atoms with Gasteiger partial charge >= 0.3 is 0 Å². The summed E-state index contributed by atoms with van der Waals surface area (Å²) < 4.78 is 5.18. The molecular formula is C17H15NO3. The molecule has 106 valence electrons. The first-order chi connectivity index (χ1) is 10.1. The highest BCUT2D eigenvalue weighted by Gasteiger charge is 2.35. The predicted octanol–water partition coefficient (Wildman–Crippen LogP) is 2.73. The van der Waals surface area contributed by atoms with Crippen LogP contribution in [-0.2, 0) is 11.3 Å². The molecule has 2 aromatic rings. The average Bonchev–Trinajstić information content (AvgIpc) is 2.72. The number of fused-ring (bicyclic) bond motifs is 1. The van der Waals surface area contributed by atoms with Crippen LogP contribution in [0.3, 0.4) is 0 Å². The smallest absolute Gasteiger partial charge is 0.299 e. The molecule has 0 saturated heterocycles. The molecule has 4 nitrogen and oxygen atoms in total. The molecule has 1 aliphatic rings. The number of ketones is 1. The fourth-order valence-corrected chi connectivity index (χ4v) is 2.55. The summed E-state index contributed by atoms with van der Waals surface area (Å²) in [6.07, 6.45) is 0. The number of hydrogen-bond donors (Lipinski definition) is 0. The van der Waals surface area contributed by atoms with Crippen molar-refractivity contribution in [3.63, 3.8) is 0 Å². The maximum Gasteiger partial charge on any atom is 0.299 e. The molecule has 0 bridgehead atoms. The minimum Gasteiger partial charge on any atom is -0.497 e. The van der Waals surface area contributed by atoms with Gasteiger partial charge in [-0.3, -0.25) is 9.59 Å². The summed E-state index contributed by atoms with van der Waals surface area (Å²) in [5.41, 5.74) is 3.17. The highest BCUT2D eigenvalue weighted by molar-refractivity contribution is 6.52. The average molecular weight is 281 g/mol. The van der Waals surface area contributed by atoms with E-state index in [4.69, 9.17) is 4.74 Å². The molecule has 0 radical (unpaired) electrons. The molecule has 0 fully saturated rings. The van der Waals surface area contributed by atoms with Gasteiger partial charge in [-0.1, -0.05) is 29.8 Å². The summed E-state index contributed by atoms with van der Waals surface area (Å²) in [5.74, 6) is -0.314. The van der Waals surface area contributed by atoms with E-state index in [0.717, 1.165) is 11.1 Å². The number of Topliss-reactive ketones (excluding diaryl/α,β-unsaturated/α-hetero) is 1. The van der Waals surface area contributed by atoms with E-state index in [1.54, 1.807) is 25.3 Å². The van der Waals surface area contributed by atoms with Crippen LogP contribution in [0.4, 0.5) is 5.69 Å². The fraction of sp³-hybridized carbons (Fsp3) is 0.176. The minimum absolute atomic E-state index is 0.381. The lowest BCUT2D eigenvalue weighted by atomic mass is 10.1. The number of anilines is 1. The Balaban J connectivity index is 2.00. The summed E-state index contributed by atoms with van der Waals surface area (Å²) >= 11 is 0. The van der Waals surface area contributed by atoms with Crippen molar-refractivity contribution in [3.8, 4) is 5.75 Å². The van der Waals surface area contributed by atoms with E-state index in [0.29, 0.717) is 23.5 Å². The molecule has 1 aliphatic heterocycles. The molecule has 4 heteroatoms. The first-order valence-electron chi connectivity index (χ1n) is 6.70. The van der Waals surface area contributed by atoms with Gasteiger partial charge in [-0.05, 0) is 24.6 Å². The van der Waals surface area contributed by atoms with Crippen LogP contribution in [0.2, 0.25) is 0 Å². The van der Waals surface area contributed by atoms with Crippen molar-refractivity contribution in [3.05, 3.63) is 59.2 Å². The third-order valence-corrected chi connectivity index (χ3v) is 3.60. The van der Waals surface area contributed by atoms with Crippen LogP contribution in [0.15, 0.2) is 42.5 Å². The quantitative estimate of drug-likeness (QED) is 0.813. The zero-order valence-corrected chi connectivity index (χ0v) is 11.9. The molecule has 0 unspecified atom stereocenters. The second-order valence-corrected chi connectivity index (χ2v) is 5.09. The number of benzene rings is 2. The SMILES string of the molecule is COc1ccc2c(c1)N(Cc1cccc(C)c1)C(=O)C2=O. The summed E-state index contributed by atoms with van der Waals surface area (Å²) in [5, 5.41) is 0. The van der Waals surface area contributed by atoms with Crippen molar-refractivity contribution >= 4 is 17.4 Å². The van der Waals surface area contributed by atoms with E-state index < -0.39 is 11.7 Å². The first kappa shape index (κ1) is 13.4. The molecule has 0 N–H and O–H groups in total. The van der Waals surface area contributed by atoms with Gasteiger partial charge in [-0.15, -0.1) is 0 Å². The van der Waals surface area contributed by atoms with Crippen LogP contribution in [0.1, 0.15) is 21.5 Å². The van der Waals surface area contributed by atoms with Crippen molar-refractivity contribution in [2.75, 3.05) is 12.0 Å². The minimum atomic E-state index is -0.486. The molecule has 0 aromatic heterocycles. The van der Waals surface area contributed by atoms with Gasteiger partial charge in [0.15, 0.2) is 0 Å². The van der Waals surface area contributed by atoms with Gasteiger partial charge in [0.2, 0.25) is 0 Å². The number of hydrogen-bond acceptors (Lipinski definition) is 3. The van der Waals surface area contributed by atoms with Gasteiger partial charge in [-0.2, -0.15) is 0 Å². The van der Waals surface area contributed by atoms with Crippen LogP contribution >= 0.6 is 0 Å². The predicted molar refractivity (Wildman–Crippen MR) is 79.7 cm³/mol. The normalized spacial score (nSPS) is 13.5. The number of aryl methyl sites for hydroxylation is 1. The third-order valence-electron chi connectivity index (χ3n) is 3.60. The number of ether oxygens (including phenoxy) is 1. The van der Waals surface area contributed by atoms with Gasteiger partial charge in [0.1, 0.15) is 5.75 Å². The van der Waals surface area contributed by atoms with Crippen LogP contribution < -0.4 is 9.64 Å². The lowest BCUT2D eigenvalue weighted by Crippen LogP contribution is -2.29. The van der Waals surface area contributed by atoms with Crippen LogP contribution in [0.5, 0.6) is 5.75 Å². The zero-order valence-electron chi connectivity index (χ0n) is 11.9. The van der Waals surface area contributed by atoms with Crippen LogP contribution in [0, 0.1) is 6.92 Å². The van der Waals surface area contributed by atoms with Gasteiger partial charge in [0.05, 0.1) is 24.9 Å². The second kappa shape index (κ2) is 5.05. The zero-order chi connectivity index (χ0) is 15.0.